The van der Waals surface area contributed by atoms with Crippen molar-refractivity contribution in [2.24, 2.45) is 0 Å². The lowest BCUT2D eigenvalue weighted by atomic mass is 10.1. The number of nitrogens with one attached hydrogen (secondary N) is 2. The highest BCUT2D eigenvalue weighted by Gasteiger charge is 2.09. The van der Waals surface area contributed by atoms with Crippen LogP contribution in [0.15, 0.2) is 0 Å². The normalized spacial score (nSPS) is 22.6. The van der Waals surface area contributed by atoms with Crippen molar-refractivity contribution in [3.05, 3.63) is 0 Å². The molecule has 3 nitrogen and oxygen atoms in total. The van der Waals surface area contributed by atoms with Crippen LogP contribution in [0.3, 0.4) is 0 Å². The quantitative estimate of drug-likeness (QED) is 0.631. The Hall–Kier alpha value is -0.120. The Morgan fingerprint density at radius 1 is 1.27 bits per heavy atom. The van der Waals surface area contributed by atoms with Gasteiger partial charge in [-0.3, -0.25) is 0 Å². The lowest BCUT2D eigenvalue weighted by Gasteiger charge is -2.15. The molecule has 3 heteroatoms. The summed E-state index contributed by atoms with van der Waals surface area (Å²) in [4.78, 5) is 0. The average molecular weight is 214 g/mol. The molecule has 0 spiro atoms. The fourth-order valence-corrected chi connectivity index (χ4v) is 1.95. The zero-order valence-corrected chi connectivity index (χ0v) is 10.1. The third-order valence-electron chi connectivity index (χ3n) is 2.82. The molecule has 0 bridgehead atoms. The highest BCUT2D eigenvalue weighted by molar-refractivity contribution is 4.72. The minimum atomic E-state index is 0.728. The molecule has 2 N–H and O–H groups in total. The van der Waals surface area contributed by atoms with Gasteiger partial charge in [0.15, 0.2) is 0 Å². The molecule has 0 radical (unpaired) electrons. The number of ether oxygens (including phenoxy) is 1. The van der Waals surface area contributed by atoms with Crippen LogP contribution in [0, 0.1) is 0 Å². The largest absolute Gasteiger partial charge is 0.381 e. The van der Waals surface area contributed by atoms with Crippen molar-refractivity contribution in [3.63, 3.8) is 0 Å². The molecule has 90 valence electrons. The van der Waals surface area contributed by atoms with Crippen molar-refractivity contribution in [1.82, 2.24) is 10.6 Å². The maximum Gasteiger partial charge on any atom is 0.0478 e. The topological polar surface area (TPSA) is 33.3 Å². The summed E-state index contributed by atoms with van der Waals surface area (Å²) in [5.41, 5.74) is 0. The third kappa shape index (κ3) is 6.88. The van der Waals surface area contributed by atoms with E-state index in [1.165, 1.54) is 32.4 Å². The van der Waals surface area contributed by atoms with Gasteiger partial charge in [-0.25, -0.2) is 0 Å². The summed E-state index contributed by atoms with van der Waals surface area (Å²) < 4.78 is 5.44. The van der Waals surface area contributed by atoms with Crippen LogP contribution in [0.25, 0.3) is 0 Å². The SMILES string of the molecule is CCCOCCCNC1CCCNCC1. The molecule has 1 saturated heterocycles. The zero-order chi connectivity index (χ0) is 10.8. The van der Waals surface area contributed by atoms with Gasteiger partial charge >= 0.3 is 0 Å². The van der Waals surface area contributed by atoms with E-state index in [0.29, 0.717) is 0 Å². The molecular weight excluding hydrogens is 188 g/mol. The van der Waals surface area contributed by atoms with E-state index in [-0.39, 0.29) is 0 Å². The number of rotatable bonds is 7. The summed E-state index contributed by atoms with van der Waals surface area (Å²) in [6.45, 7) is 7.44. The Labute approximate surface area is 94.0 Å². The van der Waals surface area contributed by atoms with Gasteiger partial charge in [0.2, 0.25) is 0 Å². The van der Waals surface area contributed by atoms with Gasteiger partial charge in [-0.2, -0.15) is 0 Å². The van der Waals surface area contributed by atoms with Crippen LogP contribution in [0.5, 0.6) is 0 Å². The summed E-state index contributed by atoms with van der Waals surface area (Å²) in [5.74, 6) is 0. The summed E-state index contributed by atoms with van der Waals surface area (Å²) in [6, 6.07) is 0.728. The monoisotopic (exact) mass is 214 g/mol. The highest BCUT2D eigenvalue weighted by atomic mass is 16.5. The van der Waals surface area contributed by atoms with Gasteiger partial charge in [-0.15, -0.1) is 0 Å². The second-order valence-electron chi connectivity index (χ2n) is 4.30. The zero-order valence-electron chi connectivity index (χ0n) is 10.1. The molecule has 1 aliphatic heterocycles. The predicted octanol–water partition coefficient (Wildman–Crippen LogP) is 1.53. The van der Waals surface area contributed by atoms with E-state index in [4.69, 9.17) is 4.74 Å². The van der Waals surface area contributed by atoms with E-state index in [1.807, 2.05) is 0 Å². The van der Waals surface area contributed by atoms with Crippen LogP contribution in [-0.2, 0) is 4.74 Å². The minimum absolute atomic E-state index is 0.728. The number of hydrogen-bond acceptors (Lipinski definition) is 3. The maximum atomic E-state index is 5.44. The summed E-state index contributed by atoms with van der Waals surface area (Å²) >= 11 is 0. The molecular formula is C12H26N2O. The molecule has 1 atom stereocenters. The highest BCUT2D eigenvalue weighted by Crippen LogP contribution is 2.04. The van der Waals surface area contributed by atoms with E-state index in [2.05, 4.69) is 17.6 Å². The van der Waals surface area contributed by atoms with Gasteiger partial charge < -0.3 is 15.4 Å². The second-order valence-corrected chi connectivity index (χ2v) is 4.30. The Balaban J connectivity index is 1.89. The summed E-state index contributed by atoms with van der Waals surface area (Å²) in [5, 5.41) is 7.05. The van der Waals surface area contributed by atoms with Crippen molar-refractivity contribution in [2.45, 2.75) is 45.1 Å². The van der Waals surface area contributed by atoms with Gasteiger partial charge in [-0.1, -0.05) is 6.92 Å². The van der Waals surface area contributed by atoms with Gasteiger partial charge in [0.25, 0.3) is 0 Å². The molecule has 0 aromatic heterocycles. The molecule has 1 rings (SSSR count). The molecule has 1 unspecified atom stereocenters. The van der Waals surface area contributed by atoms with Crippen LogP contribution >= 0.6 is 0 Å². The van der Waals surface area contributed by atoms with Crippen molar-refractivity contribution in [1.29, 1.82) is 0 Å². The lowest BCUT2D eigenvalue weighted by molar-refractivity contribution is 0.131. The first-order valence-corrected chi connectivity index (χ1v) is 6.45. The maximum absolute atomic E-state index is 5.44. The Morgan fingerprint density at radius 3 is 3.07 bits per heavy atom. The van der Waals surface area contributed by atoms with Crippen LogP contribution in [0.4, 0.5) is 0 Å². The van der Waals surface area contributed by atoms with Crippen LogP contribution in [0.1, 0.15) is 39.0 Å². The Kier molecular flexibility index (Phi) is 7.88. The van der Waals surface area contributed by atoms with Gasteiger partial charge in [0.1, 0.15) is 0 Å². The first-order chi connectivity index (χ1) is 7.43. The van der Waals surface area contributed by atoms with Gasteiger partial charge in [0.05, 0.1) is 0 Å². The van der Waals surface area contributed by atoms with Crippen LogP contribution < -0.4 is 10.6 Å². The van der Waals surface area contributed by atoms with Crippen molar-refractivity contribution in [3.8, 4) is 0 Å². The summed E-state index contributed by atoms with van der Waals surface area (Å²) in [6.07, 6.45) is 6.17. The smallest absolute Gasteiger partial charge is 0.0478 e. The lowest BCUT2D eigenvalue weighted by Crippen LogP contribution is -2.31. The first-order valence-electron chi connectivity index (χ1n) is 6.45. The second kappa shape index (κ2) is 9.13. The van der Waals surface area contributed by atoms with E-state index < -0.39 is 0 Å². The molecule has 0 saturated carbocycles. The third-order valence-corrected chi connectivity index (χ3v) is 2.82. The van der Waals surface area contributed by atoms with E-state index in [9.17, 15) is 0 Å². The standard InChI is InChI=1S/C12H26N2O/c1-2-10-15-11-4-8-14-12-5-3-7-13-9-6-12/h12-14H,2-11H2,1H3. The van der Waals surface area contributed by atoms with Crippen LogP contribution in [-0.4, -0.2) is 38.9 Å². The van der Waals surface area contributed by atoms with Crippen molar-refractivity contribution in [2.75, 3.05) is 32.8 Å². The number of hydrogen-bond donors (Lipinski definition) is 2. The molecule has 0 aromatic carbocycles. The van der Waals surface area contributed by atoms with Gasteiger partial charge in [-0.05, 0) is 51.7 Å². The first kappa shape index (κ1) is 12.9. The van der Waals surface area contributed by atoms with E-state index in [1.54, 1.807) is 0 Å². The summed E-state index contributed by atoms with van der Waals surface area (Å²) in [7, 11) is 0. The van der Waals surface area contributed by atoms with Gasteiger partial charge in [0, 0.05) is 19.3 Å². The van der Waals surface area contributed by atoms with Crippen LogP contribution in [0.2, 0.25) is 0 Å². The minimum Gasteiger partial charge on any atom is -0.381 e. The molecule has 1 aliphatic rings. The molecule has 15 heavy (non-hydrogen) atoms. The van der Waals surface area contributed by atoms with Crippen molar-refractivity contribution < 1.29 is 4.74 Å². The Morgan fingerprint density at radius 2 is 2.20 bits per heavy atom. The average Bonchev–Trinajstić information content (AvgIpc) is 2.52. The molecule has 0 amide bonds. The fraction of sp³-hybridized carbons (Fsp3) is 1.00. The van der Waals surface area contributed by atoms with Crippen molar-refractivity contribution >= 4 is 0 Å². The molecule has 0 aromatic rings. The predicted molar refractivity (Wildman–Crippen MR) is 64.2 cm³/mol. The molecule has 1 fully saturated rings. The Bertz CT molecular complexity index is 134. The fourth-order valence-electron chi connectivity index (χ4n) is 1.95. The molecule has 1 heterocycles. The van der Waals surface area contributed by atoms with E-state index >= 15 is 0 Å². The van der Waals surface area contributed by atoms with E-state index in [0.717, 1.165) is 38.6 Å². The molecule has 0 aliphatic carbocycles.